The Hall–Kier alpha value is -2.53. The Bertz CT molecular complexity index is 1020. The number of carbonyl (C=O) groups is 1. The first-order chi connectivity index (χ1) is 12.5. The lowest BCUT2D eigenvalue weighted by atomic mass is 10.3. The number of rotatable bonds is 7. The molecule has 0 bridgehead atoms. The van der Waals surface area contributed by atoms with Gasteiger partial charge in [-0.15, -0.1) is 0 Å². The number of anilines is 1. The fraction of sp³-hybridized carbons (Fsp3) is 0.188. The van der Waals surface area contributed by atoms with E-state index >= 15 is 0 Å². The zero-order valence-electron chi connectivity index (χ0n) is 13.9. The predicted molar refractivity (Wildman–Crippen MR) is 93.3 cm³/mol. The van der Waals surface area contributed by atoms with Crippen molar-refractivity contribution in [2.45, 2.75) is 15.5 Å². The minimum atomic E-state index is -4.70. The molecule has 0 saturated carbocycles. The molecule has 27 heavy (non-hydrogen) atoms. The number of halogens is 2. The molecule has 0 aromatic heterocycles. The van der Waals surface area contributed by atoms with E-state index in [9.17, 15) is 30.4 Å². The maximum Gasteiger partial charge on any atom is 0.341 e. The smallest absolute Gasteiger partial charge is 0.341 e. The van der Waals surface area contributed by atoms with Crippen molar-refractivity contribution < 1.29 is 35.1 Å². The van der Waals surface area contributed by atoms with Crippen LogP contribution in [0.25, 0.3) is 0 Å². The van der Waals surface area contributed by atoms with Crippen LogP contribution in [0.5, 0.6) is 5.75 Å². The molecule has 0 aliphatic rings. The van der Waals surface area contributed by atoms with Crippen molar-refractivity contribution in [2.24, 2.45) is 0 Å². The van der Waals surface area contributed by atoms with E-state index in [4.69, 9.17) is 4.74 Å². The molecule has 11 heteroatoms. The molecule has 7 nitrogen and oxygen atoms in total. The number of ether oxygens (including phenoxy) is 1. The highest BCUT2D eigenvalue weighted by molar-refractivity contribution is 7.91. The van der Waals surface area contributed by atoms with E-state index in [1.165, 1.54) is 36.4 Å². The lowest BCUT2D eigenvalue weighted by Gasteiger charge is -2.09. The molecule has 2 rings (SSSR count). The van der Waals surface area contributed by atoms with Crippen LogP contribution in [0.3, 0.4) is 0 Å². The number of carbonyl (C=O) groups excluding carboxylic acids is 1. The summed E-state index contributed by atoms with van der Waals surface area (Å²) in [6, 6.07) is 9.74. The predicted octanol–water partition coefficient (Wildman–Crippen LogP) is 2.10. The van der Waals surface area contributed by atoms with Gasteiger partial charge in [0.05, 0.1) is 9.79 Å². The minimum absolute atomic E-state index is 0.109. The standard InChI is InChI=1S/C16H15F2NO6S2/c1-26(21,22)13-8-4-12(5-9-13)25-10-15(20)19-11-2-6-14(7-3-11)27(23,24)16(17)18/h2-9,16H,10H2,1H3,(H,19,20). The van der Waals surface area contributed by atoms with E-state index in [1.54, 1.807) is 0 Å². The summed E-state index contributed by atoms with van der Waals surface area (Å²) >= 11 is 0. The number of nitrogens with one attached hydrogen (secondary N) is 1. The van der Waals surface area contributed by atoms with Crippen molar-refractivity contribution in [1.82, 2.24) is 0 Å². The average Bonchev–Trinajstić information content (AvgIpc) is 2.60. The van der Waals surface area contributed by atoms with Gasteiger partial charge in [0.1, 0.15) is 5.75 Å². The van der Waals surface area contributed by atoms with Gasteiger partial charge in [-0.3, -0.25) is 4.79 Å². The van der Waals surface area contributed by atoms with Crippen LogP contribution in [-0.4, -0.2) is 41.4 Å². The molecule has 0 aliphatic carbocycles. The normalized spacial score (nSPS) is 12.0. The van der Waals surface area contributed by atoms with Crippen molar-refractivity contribution in [2.75, 3.05) is 18.2 Å². The van der Waals surface area contributed by atoms with Gasteiger partial charge >= 0.3 is 5.76 Å². The molecule has 0 saturated heterocycles. The Kier molecular flexibility index (Phi) is 6.16. The summed E-state index contributed by atoms with van der Waals surface area (Å²) in [5.74, 6) is -3.83. The molecule has 2 aromatic carbocycles. The number of hydrogen-bond donors (Lipinski definition) is 1. The Balaban J connectivity index is 1.94. The van der Waals surface area contributed by atoms with Crippen LogP contribution in [0.2, 0.25) is 0 Å². The Morgan fingerprint density at radius 3 is 1.96 bits per heavy atom. The second-order valence-electron chi connectivity index (χ2n) is 5.41. The molecule has 0 unspecified atom stereocenters. The van der Waals surface area contributed by atoms with Crippen LogP contribution in [0.4, 0.5) is 14.5 Å². The van der Waals surface area contributed by atoms with Crippen LogP contribution in [-0.2, 0) is 24.5 Å². The van der Waals surface area contributed by atoms with Gasteiger partial charge in [-0.05, 0) is 48.5 Å². The molecule has 0 atom stereocenters. The molecule has 0 aliphatic heterocycles. The van der Waals surface area contributed by atoms with E-state index in [0.29, 0.717) is 0 Å². The highest BCUT2D eigenvalue weighted by atomic mass is 32.2. The maximum absolute atomic E-state index is 12.5. The molecular formula is C16H15F2NO6S2. The Labute approximate surface area is 154 Å². The van der Waals surface area contributed by atoms with Crippen LogP contribution in [0.15, 0.2) is 58.3 Å². The SMILES string of the molecule is CS(=O)(=O)c1ccc(OCC(=O)Nc2ccc(S(=O)(=O)C(F)F)cc2)cc1. The second kappa shape index (κ2) is 8.01. The minimum Gasteiger partial charge on any atom is -0.484 e. The molecule has 2 aromatic rings. The zero-order chi connectivity index (χ0) is 20.2. The van der Waals surface area contributed by atoms with E-state index in [-0.39, 0.29) is 16.3 Å². The molecule has 0 spiro atoms. The fourth-order valence-electron chi connectivity index (χ4n) is 1.96. The van der Waals surface area contributed by atoms with E-state index in [1.807, 2.05) is 0 Å². The topological polar surface area (TPSA) is 107 Å². The first-order valence-electron chi connectivity index (χ1n) is 7.35. The number of amides is 1. The molecule has 0 fully saturated rings. The summed E-state index contributed by atoms with van der Waals surface area (Å²) < 4.78 is 75.5. The Morgan fingerprint density at radius 1 is 0.963 bits per heavy atom. The molecule has 146 valence electrons. The first kappa shape index (κ1) is 20.8. The molecule has 1 amide bonds. The van der Waals surface area contributed by atoms with Crippen LogP contribution in [0.1, 0.15) is 0 Å². The number of sulfone groups is 2. The molecule has 0 heterocycles. The first-order valence-corrected chi connectivity index (χ1v) is 10.8. The van der Waals surface area contributed by atoms with Gasteiger partial charge in [0.15, 0.2) is 16.4 Å². The summed E-state index contributed by atoms with van der Waals surface area (Å²) in [4.78, 5) is 11.4. The lowest BCUT2D eigenvalue weighted by molar-refractivity contribution is -0.118. The van der Waals surface area contributed by atoms with E-state index in [2.05, 4.69) is 5.32 Å². The summed E-state index contributed by atoms with van der Waals surface area (Å²) in [6.45, 7) is -0.394. The highest BCUT2D eigenvalue weighted by Crippen LogP contribution is 2.20. The van der Waals surface area contributed by atoms with Crippen molar-refractivity contribution in [3.8, 4) is 5.75 Å². The summed E-state index contributed by atoms with van der Waals surface area (Å²) in [7, 11) is -8.03. The summed E-state index contributed by atoms with van der Waals surface area (Å²) in [6.07, 6.45) is 1.06. The largest absolute Gasteiger partial charge is 0.484 e. The summed E-state index contributed by atoms with van der Waals surface area (Å²) in [5, 5.41) is 2.41. The van der Waals surface area contributed by atoms with Gasteiger partial charge in [-0.1, -0.05) is 0 Å². The monoisotopic (exact) mass is 419 g/mol. The lowest BCUT2D eigenvalue weighted by Crippen LogP contribution is -2.20. The average molecular weight is 419 g/mol. The van der Waals surface area contributed by atoms with Crippen molar-refractivity contribution in [3.05, 3.63) is 48.5 Å². The quantitative estimate of drug-likeness (QED) is 0.737. The van der Waals surface area contributed by atoms with Crippen molar-refractivity contribution in [1.29, 1.82) is 0 Å². The van der Waals surface area contributed by atoms with Crippen molar-refractivity contribution in [3.63, 3.8) is 0 Å². The zero-order valence-corrected chi connectivity index (χ0v) is 15.6. The number of hydrogen-bond acceptors (Lipinski definition) is 6. The third-order valence-electron chi connectivity index (χ3n) is 3.32. The second-order valence-corrected chi connectivity index (χ2v) is 9.34. The highest BCUT2D eigenvalue weighted by Gasteiger charge is 2.26. The molecule has 0 radical (unpaired) electrons. The van der Waals surface area contributed by atoms with Gasteiger partial charge in [0.2, 0.25) is 9.84 Å². The maximum atomic E-state index is 12.5. The van der Waals surface area contributed by atoms with Gasteiger partial charge < -0.3 is 10.1 Å². The molecule has 1 N–H and O–H groups in total. The van der Waals surface area contributed by atoms with E-state index < -0.39 is 42.8 Å². The van der Waals surface area contributed by atoms with Gasteiger partial charge in [0, 0.05) is 11.9 Å². The van der Waals surface area contributed by atoms with E-state index in [0.717, 1.165) is 18.4 Å². The van der Waals surface area contributed by atoms with Gasteiger partial charge in [-0.2, -0.15) is 8.78 Å². The third-order valence-corrected chi connectivity index (χ3v) is 5.85. The fourth-order valence-corrected chi connectivity index (χ4v) is 3.31. The van der Waals surface area contributed by atoms with Crippen molar-refractivity contribution >= 4 is 31.3 Å². The summed E-state index contributed by atoms with van der Waals surface area (Å²) in [5.41, 5.74) is 0.198. The van der Waals surface area contributed by atoms with Gasteiger partial charge in [0.25, 0.3) is 5.91 Å². The molecular weight excluding hydrogens is 404 g/mol. The van der Waals surface area contributed by atoms with Crippen LogP contribution < -0.4 is 10.1 Å². The van der Waals surface area contributed by atoms with Crippen LogP contribution >= 0.6 is 0 Å². The number of benzene rings is 2. The van der Waals surface area contributed by atoms with Gasteiger partial charge in [-0.25, -0.2) is 16.8 Å². The number of alkyl halides is 2. The Morgan fingerprint density at radius 2 is 1.48 bits per heavy atom. The van der Waals surface area contributed by atoms with Crippen LogP contribution in [0, 0.1) is 0 Å². The third kappa shape index (κ3) is 5.47.